The average Bonchev–Trinajstić information content (AvgIpc) is 2.45. The lowest BCUT2D eigenvalue weighted by Gasteiger charge is -2.31. The highest BCUT2D eigenvalue weighted by molar-refractivity contribution is 5.85. The number of carbonyl (C=O) groups is 1. The molecule has 0 saturated carbocycles. The Labute approximate surface area is 119 Å². The number of nitrogens with one attached hydrogen (secondary N) is 1. The Morgan fingerprint density at radius 1 is 1.50 bits per heavy atom. The Bertz CT molecular complexity index is 534. The molecular weight excluding hydrogens is 257 g/mol. The van der Waals surface area contributed by atoms with Gasteiger partial charge >= 0.3 is 0 Å². The lowest BCUT2D eigenvalue weighted by Crippen LogP contribution is -2.52. The Hall–Kier alpha value is -1.93. The van der Waals surface area contributed by atoms with Gasteiger partial charge in [0.25, 0.3) is 0 Å². The topological polar surface area (TPSA) is 56.1 Å². The monoisotopic (exact) mass is 277 g/mol. The van der Waals surface area contributed by atoms with Crippen molar-refractivity contribution in [1.29, 1.82) is 5.26 Å². The summed E-state index contributed by atoms with van der Waals surface area (Å²) in [5.41, 5.74) is -0.0127. The van der Waals surface area contributed by atoms with E-state index in [0.717, 1.165) is 0 Å². The highest BCUT2D eigenvalue weighted by Crippen LogP contribution is 2.15. The standard InChI is InChI=1S/C15H20FN3O/c1-5-19(14(20)15(2,3)18-4)10-12-7-6-11(9-17)8-13(12)16/h6-8,18H,5,10H2,1-4H3. The lowest BCUT2D eigenvalue weighted by molar-refractivity contribution is -0.137. The van der Waals surface area contributed by atoms with Crippen molar-refractivity contribution in [3.63, 3.8) is 0 Å². The predicted octanol–water partition coefficient (Wildman–Crippen LogP) is 2.04. The molecular formula is C15H20FN3O. The number of carbonyl (C=O) groups excluding carboxylic acids is 1. The van der Waals surface area contributed by atoms with Crippen LogP contribution in [0, 0.1) is 17.1 Å². The molecule has 1 N–H and O–H groups in total. The second-order valence-corrected chi connectivity index (χ2v) is 5.11. The van der Waals surface area contributed by atoms with Gasteiger partial charge in [0.1, 0.15) is 5.82 Å². The zero-order valence-electron chi connectivity index (χ0n) is 12.3. The molecule has 0 atom stereocenters. The first-order valence-electron chi connectivity index (χ1n) is 6.52. The fraction of sp³-hybridized carbons (Fsp3) is 0.467. The molecule has 0 heterocycles. The highest BCUT2D eigenvalue weighted by Gasteiger charge is 2.29. The van der Waals surface area contributed by atoms with Gasteiger partial charge in [0.2, 0.25) is 5.91 Å². The number of likely N-dealkylation sites (N-methyl/N-ethyl adjacent to an activating group) is 2. The number of halogens is 1. The summed E-state index contributed by atoms with van der Waals surface area (Å²) < 4.78 is 13.9. The minimum atomic E-state index is -0.695. The molecule has 1 rings (SSSR count). The molecule has 0 unspecified atom stereocenters. The van der Waals surface area contributed by atoms with E-state index in [4.69, 9.17) is 5.26 Å². The van der Waals surface area contributed by atoms with E-state index >= 15 is 0 Å². The molecule has 0 spiro atoms. The minimum Gasteiger partial charge on any atom is -0.337 e. The van der Waals surface area contributed by atoms with E-state index in [9.17, 15) is 9.18 Å². The van der Waals surface area contributed by atoms with Crippen LogP contribution in [0.25, 0.3) is 0 Å². The van der Waals surface area contributed by atoms with Gasteiger partial charge in [-0.05, 0) is 40.0 Å². The largest absolute Gasteiger partial charge is 0.337 e. The van der Waals surface area contributed by atoms with Crippen LogP contribution in [-0.2, 0) is 11.3 Å². The predicted molar refractivity (Wildman–Crippen MR) is 75.3 cm³/mol. The maximum absolute atomic E-state index is 13.9. The van der Waals surface area contributed by atoms with Crippen molar-refractivity contribution < 1.29 is 9.18 Å². The van der Waals surface area contributed by atoms with Gasteiger partial charge in [0, 0.05) is 18.7 Å². The van der Waals surface area contributed by atoms with Crippen LogP contribution in [-0.4, -0.2) is 29.9 Å². The van der Waals surface area contributed by atoms with Gasteiger partial charge < -0.3 is 10.2 Å². The second-order valence-electron chi connectivity index (χ2n) is 5.11. The first-order chi connectivity index (χ1) is 9.35. The Morgan fingerprint density at radius 2 is 2.15 bits per heavy atom. The summed E-state index contributed by atoms with van der Waals surface area (Å²) in [6.07, 6.45) is 0. The van der Waals surface area contributed by atoms with Crippen LogP contribution >= 0.6 is 0 Å². The molecule has 0 bridgehead atoms. The summed E-state index contributed by atoms with van der Waals surface area (Å²) in [6, 6.07) is 6.19. The molecule has 1 aromatic carbocycles. The zero-order chi connectivity index (χ0) is 15.3. The summed E-state index contributed by atoms with van der Waals surface area (Å²) in [5.74, 6) is -0.552. The molecule has 0 fully saturated rings. The van der Waals surface area contributed by atoms with Gasteiger partial charge in [-0.2, -0.15) is 5.26 Å². The van der Waals surface area contributed by atoms with Crippen molar-refractivity contribution in [1.82, 2.24) is 10.2 Å². The Morgan fingerprint density at radius 3 is 2.60 bits per heavy atom. The van der Waals surface area contributed by atoms with E-state index in [1.807, 2.05) is 13.0 Å². The van der Waals surface area contributed by atoms with E-state index in [0.29, 0.717) is 12.1 Å². The third-order valence-electron chi connectivity index (χ3n) is 3.37. The SMILES string of the molecule is CCN(Cc1ccc(C#N)cc1F)C(=O)C(C)(C)NC. The van der Waals surface area contributed by atoms with Crippen LogP contribution in [0.2, 0.25) is 0 Å². The van der Waals surface area contributed by atoms with Gasteiger partial charge in [0.15, 0.2) is 0 Å². The summed E-state index contributed by atoms with van der Waals surface area (Å²) in [5, 5.41) is 11.7. The molecule has 4 nitrogen and oxygen atoms in total. The third-order valence-corrected chi connectivity index (χ3v) is 3.37. The molecule has 5 heteroatoms. The number of amides is 1. The first-order valence-corrected chi connectivity index (χ1v) is 6.52. The van der Waals surface area contributed by atoms with Crippen LogP contribution < -0.4 is 5.32 Å². The van der Waals surface area contributed by atoms with Crippen LogP contribution in [0.5, 0.6) is 0 Å². The minimum absolute atomic E-state index is 0.0914. The number of hydrogen-bond donors (Lipinski definition) is 1. The molecule has 1 aromatic rings. The highest BCUT2D eigenvalue weighted by atomic mass is 19.1. The second kappa shape index (κ2) is 6.49. The first kappa shape index (κ1) is 16.1. The number of nitrogens with zero attached hydrogens (tertiary/aromatic N) is 2. The van der Waals surface area contributed by atoms with E-state index in [-0.39, 0.29) is 18.0 Å². The van der Waals surface area contributed by atoms with Crippen molar-refractivity contribution >= 4 is 5.91 Å². The number of rotatable bonds is 5. The van der Waals surface area contributed by atoms with Gasteiger partial charge in [-0.1, -0.05) is 6.07 Å². The number of nitriles is 1. The summed E-state index contributed by atoms with van der Waals surface area (Å²) in [6.45, 7) is 6.10. The van der Waals surface area contributed by atoms with Gasteiger partial charge in [-0.25, -0.2) is 4.39 Å². The maximum Gasteiger partial charge on any atom is 0.242 e. The van der Waals surface area contributed by atoms with Gasteiger partial charge in [-0.15, -0.1) is 0 Å². The normalized spacial score (nSPS) is 11.0. The van der Waals surface area contributed by atoms with Gasteiger partial charge in [0.05, 0.1) is 17.2 Å². The quantitative estimate of drug-likeness (QED) is 0.896. The van der Waals surface area contributed by atoms with Gasteiger partial charge in [-0.3, -0.25) is 4.79 Å². The van der Waals surface area contributed by atoms with E-state index < -0.39 is 11.4 Å². The molecule has 0 aliphatic rings. The molecule has 0 aliphatic carbocycles. The molecule has 0 aromatic heterocycles. The van der Waals surface area contributed by atoms with Crippen molar-refractivity contribution in [2.75, 3.05) is 13.6 Å². The zero-order valence-corrected chi connectivity index (χ0v) is 12.3. The third kappa shape index (κ3) is 3.55. The molecule has 20 heavy (non-hydrogen) atoms. The van der Waals surface area contributed by atoms with Crippen LogP contribution in [0.3, 0.4) is 0 Å². The number of benzene rings is 1. The fourth-order valence-electron chi connectivity index (χ4n) is 1.78. The molecule has 1 amide bonds. The van der Waals surface area contributed by atoms with Crippen LogP contribution in [0.15, 0.2) is 18.2 Å². The molecule has 0 radical (unpaired) electrons. The summed E-state index contributed by atoms with van der Waals surface area (Å²) in [7, 11) is 1.72. The molecule has 0 saturated heterocycles. The lowest BCUT2D eigenvalue weighted by atomic mass is 10.0. The maximum atomic E-state index is 13.9. The van der Waals surface area contributed by atoms with Crippen LogP contribution in [0.1, 0.15) is 31.9 Å². The van der Waals surface area contributed by atoms with Crippen molar-refractivity contribution in [3.05, 3.63) is 35.1 Å². The molecule has 108 valence electrons. The smallest absolute Gasteiger partial charge is 0.242 e. The summed E-state index contributed by atoms with van der Waals surface area (Å²) in [4.78, 5) is 13.9. The van der Waals surface area contributed by atoms with Crippen molar-refractivity contribution in [2.24, 2.45) is 0 Å². The fourth-order valence-corrected chi connectivity index (χ4v) is 1.78. The average molecular weight is 277 g/mol. The Balaban J connectivity index is 2.95. The van der Waals surface area contributed by atoms with Crippen LogP contribution in [0.4, 0.5) is 4.39 Å². The van der Waals surface area contributed by atoms with E-state index in [1.165, 1.54) is 6.07 Å². The van der Waals surface area contributed by atoms with Crippen molar-refractivity contribution in [3.8, 4) is 6.07 Å². The summed E-state index contributed by atoms with van der Waals surface area (Å²) >= 11 is 0. The Kier molecular flexibility index (Phi) is 5.23. The van der Waals surface area contributed by atoms with E-state index in [2.05, 4.69) is 5.32 Å². The molecule has 0 aliphatic heterocycles. The van der Waals surface area contributed by atoms with E-state index in [1.54, 1.807) is 37.9 Å². The number of hydrogen-bond acceptors (Lipinski definition) is 3. The van der Waals surface area contributed by atoms with Crippen molar-refractivity contribution in [2.45, 2.75) is 32.9 Å².